The second-order valence-electron chi connectivity index (χ2n) is 5.06. The molecule has 2 aliphatic rings. The number of nitrogens with one attached hydrogen (secondary N) is 1. The highest BCUT2D eigenvalue weighted by Crippen LogP contribution is 2.35. The molecule has 0 amide bonds. The molecule has 1 saturated carbocycles. The van der Waals surface area contributed by atoms with Crippen molar-refractivity contribution in [1.82, 2.24) is 5.32 Å². The van der Waals surface area contributed by atoms with Gasteiger partial charge in [0.15, 0.2) is 0 Å². The molecule has 0 bridgehead atoms. The van der Waals surface area contributed by atoms with Crippen molar-refractivity contribution >= 4 is 0 Å². The highest BCUT2D eigenvalue weighted by molar-refractivity contribution is 4.97. The predicted octanol–water partition coefficient (Wildman–Crippen LogP) is 1.45. The monoisotopic (exact) mass is 213 g/mol. The van der Waals surface area contributed by atoms with E-state index in [4.69, 9.17) is 4.74 Å². The molecule has 2 N–H and O–H groups in total. The quantitative estimate of drug-likeness (QED) is 0.729. The molecule has 3 heteroatoms. The second-order valence-corrected chi connectivity index (χ2v) is 5.06. The Labute approximate surface area is 92.2 Å². The molecule has 2 fully saturated rings. The number of aliphatic hydroxyl groups is 1. The van der Waals surface area contributed by atoms with E-state index in [2.05, 4.69) is 5.32 Å². The Morgan fingerprint density at radius 1 is 1.27 bits per heavy atom. The van der Waals surface area contributed by atoms with E-state index in [0.717, 1.165) is 38.6 Å². The van der Waals surface area contributed by atoms with Crippen molar-refractivity contribution in [3.05, 3.63) is 0 Å². The van der Waals surface area contributed by atoms with E-state index in [1.54, 1.807) is 7.11 Å². The molecule has 0 aromatic carbocycles. The van der Waals surface area contributed by atoms with Crippen molar-refractivity contribution in [3.63, 3.8) is 0 Å². The van der Waals surface area contributed by atoms with Crippen LogP contribution in [0.25, 0.3) is 0 Å². The van der Waals surface area contributed by atoms with Crippen LogP contribution in [0.1, 0.15) is 44.9 Å². The van der Waals surface area contributed by atoms with Gasteiger partial charge in [-0.3, -0.25) is 0 Å². The molecule has 0 aromatic rings. The van der Waals surface area contributed by atoms with Crippen LogP contribution in [0, 0.1) is 0 Å². The van der Waals surface area contributed by atoms with Crippen molar-refractivity contribution in [2.75, 3.05) is 13.7 Å². The van der Waals surface area contributed by atoms with E-state index in [1.165, 1.54) is 12.8 Å². The third-order valence-electron chi connectivity index (χ3n) is 4.01. The molecular formula is C12H23NO2. The Hall–Kier alpha value is -0.120. The van der Waals surface area contributed by atoms with Crippen LogP contribution in [0.15, 0.2) is 0 Å². The number of rotatable bonds is 2. The molecule has 15 heavy (non-hydrogen) atoms. The summed E-state index contributed by atoms with van der Waals surface area (Å²) in [6.07, 6.45) is 7.81. The zero-order valence-corrected chi connectivity index (χ0v) is 9.67. The Morgan fingerprint density at radius 2 is 2.13 bits per heavy atom. The number of hydrogen-bond donors (Lipinski definition) is 2. The van der Waals surface area contributed by atoms with Crippen molar-refractivity contribution in [2.45, 2.75) is 62.7 Å². The van der Waals surface area contributed by atoms with Crippen LogP contribution >= 0.6 is 0 Å². The molecule has 2 rings (SSSR count). The minimum absolute atomic E-state index is 0.257. The molecule has 1 aliphatic carbocycles. The molecular weight excluding hydrogens is 190 g/mol. The van der Waals surface area contributed by atoms with Gasteiger partial charge in [-0.2, -0.15) is 0 Å². The molecule has 0 radical (unpaired) electrons. The summed E-state index contributed by atoms with van der Waals surface area (Å²) in [4.78, 5) is 0. The van der Waals surface area contributed by atoms with Crippen LogP contribution in [-0.2, 0) is 4.74 Å². The summed E-state index contributed by atoms with van der Waals surface area (Å²) in [5.41, 5.74) is -0.515. The van der Waals surface area contributed by atoms with Crippen LogP contribution in [0.2, 0.25) is 0 Å². The maximum Gasteiger partial charge on any atom is 0.0824 e. The summed E-state index contributed by atoms with van der Waals surface area (Å²) < 4.78 is 5.39. The smallest absolute Gasteiger partial charge is 0.0824 e. The normalized spacial score (nSPS) is 42.8. The zero-order chi connectivity index (χ0) is 10.7. The van der Waals surface area contributed by atoms with Crippen LogP contribution in [-0.4, -0.2) is 36.5 Å². The second kappa shape index (κ2) is 4.81. The first kappa shape index (κ1) is 11.4. The van der Waals surface area contributed by atoms with E-state index in [1.807, 2.05) is 0 Å². The molecule has 3 atom stereocenters. The van der Waals surface area contributed by atoms with Crippen LogP contribution in [0.5, 0.6) is 0 Å². The van der Waals surface area contributed by atoms with Gasteiger partial charge in [-0.25, -0.2) is 0 Å². The number of hydrogen-bond acceptors (Lipinski definition) is 3. The van der Waals surface area contributed by atoms with Crippen molar-refractivity contribution in [2.24, 2.45) is 0 Å². The van der Waals surface area contributed by atoms with Gasteiger partial charge in [0.1, 0.15) is 0 Å². The molecule has 3 unspecified atom stereocenters. The molecule has 88 valence electrons. The van der Waals surface area contributed by atoms with Gasteiger partial charge >= 0.3 is 0 Å². The predicted molar refractivity (Wildman–Crippen MR) is 59.9 cm³/mol. The molecule has 3 nitrogen and oxygen atoms in total. The highest BCUT2D eigenvalue weighted by Gasteiger charge is 2.41. The lowest BCUT2D eigenvalue weighted by atomic mass is 9.75. The van der Waals surface area contributed by atoms with Crippen LogP contribution in [0.3, 0.4) is 0 Å². The maximum absolute atomic E-state index is 10.7. The first-order chi connectivity index (χ1) is 7.24. The summed E-state index contributed by atoms with van der Waals surface area (Å²) in [5, 5.41) is 14.1. The van der Waals surface area contributed by atoms with Gasteiger partial charge in [-0.05, 0) is 38.6 Å². The van der Waals surface area contributed by atoms with Gasteiger partial charge in [0.05, 0.1) is 11.7 Å². The van der Waals surface area contributed by atoms with E-state index in [9.17, 15) is 5.11 Å². The number of ether oxygens (including phenoxy) is 1. The van der Waals surface area contributed by atoms with E-state index >= 15 is 0 Å². The first-order valence-electron chi connectivity index (χ1n) is 6.23. The summed E-state index contributed by atoms with van der Waals surface area (Å²) in [6.45, 7) is 1.06. The summed E-state index contributed by atoms with van der Waals surface area (Å²) >= 11 is 0. The molecule has 0 spiro atoms. The molecule has 1 heterocycles. The molecule has 1 aliphatic heterocycles. The minimum atomic E-state index is -0.515. The first-order valence-corrected chi connectivity index (χ1v) is 6.23. The van der Waals surface area contributed by atoms with Crippen molar-refractivity contribution in [3.8, 4) is 0 Å². The fourth-order valence-electron chi connectivity index (χ4n) is 3.06. The van der Waals surface area contributed by atoms with Crippen LogP contribution in [0.4, 0.5) is 0 Å². The highest BCUT2D eigenvalue weighted by atomic mass is 16.5. The average Bonchev–Trinajstić information content (AvgIpc) is 2.30. The Balaban J connectivity index is 1.97. The van der Waals surface area contributed by atoms with E-state index in [0.29, 0.717) is 6.04 Å². The lowest BCUT2D eigenvalue weighted by molar-refractivity contribution is -0.0846. The van der Waals surface area contributed by atoms with Gasteiger partial charge in [0.25, 0.3) is 0 Å². The summed E-state index contributed by atoms with van der Waals surface area (Å²) in [7, 11) is 1.75. The Kier molecular flexibility index (Phi) is 3.65. The SMILES string of the molecule is COC1CCCC(O)(C2CCCCN2)C1. The standard InChI is InChI=1S/C12H23NO2/c1-15-10-5-4-7-12(14,9-10)11-6-2-3-8-13-11/h10-11,13-14H,2-9H2,1H3. The van der Waals surface area contributed by atoms with Crippen LogP contribution < -0.4 is 5.32 Å². The van der Waals surface area contributed by atoms with Gasteiger partial charge in [-0.1, -0.05) is 6.42 Å². The molecule has 1 saturated heterocycles. The zero-order valence-electron chi connectivity index (χ0n) is 9.67. The van der Waals surface area contributed by atoms with E-state index < -0.39 is 5.60 Å². The molecule has 0 aromatic heterocycles. The number of methoxy groups -OCH3 is 1. The maximum atomic E-state index is 10.7. The summed E-state index contributed by atoms with van der Waals surface area (Å²) in [5.74, 6) is 0. The van der Waals surface area contributed by atoms with Crippen molar-refractivity contribution in [1.29, 1.82) is 0 Å². The van der Waals surface area contributed by atoms with Gasteiger partial charge in [0, 0.05) is 19.6 Å². The van der Waals surface area contributed by atoms with Gasteiger partial charge in [-0.15, -0.1) is 0 Å². The fraction of sp³-hybridized carbons (Fsp3) is 1.00. The minimum Gasteiger partial charge on any atom is -0.388 e. The Bertz CT molecular complexity index is 204. The average molecular weight is 213 g/mol. The largest absolute Gasteiger partial charge is 0.388 e. The van der Waals surface area contributed by atoms with Gasteiger partial charge in [0.2, 0.25) is 0 Å². The third kappa shape index (κ3) is 2.52. The summed E-state index contributed by atoms with van der Waals surface area (Å²) in [6, 6.07) is 0.296. The van der Waals surface area contributed by atoms with Gasteiger partial charge < -0.3 is 15.2 Å². The van der Waals surface area contributed by atoms with E-state index in [-0.39, 0.29) is 6.10 Å². The lowest BCUT2D eigenvalue weighted by Crippen LogP contribution is -2.55. The topological polar surface area (TPSA) is 41.5 Å². The Morgan fingerprint density at radius 3 is 2.80 bits per heavy atom. The third-order valence-corrected chi connectivity index (χ3v) is 4.01. The fourth-order valence-corrected chi connectivity index (χ4v) is 3.06. The van der Waals surface area contributed by atoms with Crippen molar-refractivity contribution < 1.29 is 9.84 Å². The number of piperidine rings is 1. The lowest BCUT2D eigenvalue weighted by Gasteiger charge is -2.43.